The van der Waals surface area contributed by atoms with Gasteiger partial charge in [-0.3, -0.25) is 9.21 Å². The van der Waals surface area contributed by atoms with Gasteiger partial charge in [0.05, 0.1) is 10.6 Å². The number of rotatable bonds is 12. The number of piperidine rings is 1. The molecular weight excluding hydrogens is 607 g/mol. The van der Waals surface area contributed by atoms with E-state index in [4.69, 9.17) is 0 Å². The lowest BCUT2D eigenvalue weighted by atomic mass is 9.93. The molecule has 1 unspecified atom stereocenters. The van der Waals surface area contributed by atoms with Crippen LogP contribution in [0.5, 0.6) is 0 Å². The van der Waals surface area contributed by atoms with E-state index < -0.39 is 22.2 Å². The Morgan fingerprint density at radius 3 is 1.96 bits per heavy atom. The molecule has 0 radical (unpaired) electrons. The normalized spacial score (nSPS) is 16.7. The first kappa shape index (κ1) is 32.3. The molecule has 1 aliphatic heterocycles. The van der Waals surface area contributed by atoms with Crippen LogP contribution in [0.2, 0.25) is 0 Å². The molecule has 0 saturated carbocycles. The molecule has 0 bridgehead atoms. The quantitative estimate of drug-likeness (QED) is 0.148. The van der Waals surface area contributed by atoms with Crippen LogP contribution >= 0.6 is 0 Å². The minimum absolute atomic E-state index is 0.258. The van der Waals surface area contributed by atoms with Crippen LogP contribution in [0.3, 0.4) is 0 Å². The molecule has 6 rings (SSSR count). The first-order chi connectivity index (χ1) is 22.9. The Bertz CT molecular complexity index is 1820. The number of sulfonamides is 1. The van der Waals surface area contributed by atoms with Gasteiger partial charge in [0.25, 0.3) is 10.0 Å². The number of hydrogen-bond acceptors (Lipinski definition) is 4. The maximum atomic E-state index is 14.6. The van der Waals surface area contributed by atoms with Gasteiger partial charge in [0, 0.05) is 37.1 Å². The van der Waals surface area contributed by atoms with Gasteiger partial charge < -0.3 is 10.0 Å². The molecule has 1 N–H and O–H groups in total. The Morgan fingerprint density at radius 2 is 1.32 bits per heavy atom. The number of hydrogen-bond donors (Lipinski definition) is 1. The van der Waals surface area contributed by atoms with Crippen LogP contribution in [-0.2, 0) is 23.1 Å². The SMILES string of the molecule is O=C(O)N1CC[C@H](N(c2ccccc2)S(=O)(=O)c2cccc3ccccc23)CC1CCCN(Cc1ccccc1)Cc1ccccc1. The summed E-state index contributed by atoms with van der Waals surface area (Å²) < 4.78 is 30.8. The number of benzene rings is 5. The molecule has 2 atom stereocenters. The smallest absolute Gasteiger partial charge is 0.407 e. The van der Waals surface area contributed by atoms with Gasteiger partial charge in [0.1, 0.15) is 0 Å². The standard InChI is InChI=1S/C39H41N3O4S/c43-39(44)41-27-25-36(28-35(41)22-13-26-40(29-31-14-4-1-5-15-31)30-32-16-6-2-7-17-32)42(34-20-8-3-9-21-34)47(45,46)38-24-12-19-33-18-10-11-23-37(33)38/h1-12,14-21,23-24,35-36H,13,22,25-30H2,(H,43,44)/t35?,36-/m0/s1. The molecule has 5 aromatic carbocycles. The molecule has 0 aliphatic carbocycles. The molecule has 8 heteroatoms. The van der Waals surface area contributed by atoms with Crippen LogP contribution in [0.15, 0.2) is 138 Å². The second-order valence-corrected chi connectivity index (χ2v) is 14.0. The summed E-state index contributed by atoms with van der Waals surface area (Å²) >= 11 is 0. The zero-order chi connectivity index (χ0) is 32.6. The van der Waals surface area contributed by atoms with Crippen LogP contribution < -0.4 is 4.31 Å². The van der Waals surface area contributed by atoms with E-state index in [9.17, 15) is 18.3 Å². The Morgan fingerprint density at radius 1 is 0.745 bits per heavy atom. The first-order valence-electron chi connectivity index (χ1n) is 16.3. The fraction of sp³-hybridized carbons (Fsp3) is 0.256. The summed E-state index contributed by atoms with van der Waals surface area (Å²) in [6, 6.07) is 42.2. The predicted octanol–water partition coefficient (Wildman–Crippen LogP) is 8.03. The molecule has 0 aromatic heterocycles. The van der Waals surface area contributed by atoms with Gasteiger partial charge in [-0.1, -0.05) is 115 Å². The van der Waals surface area contributed by atoms with Gasteiger partial charge in [-0.25, -0.2) is 13.2 Å². The van der Waals surface area contributed by atoms with E-state index in [1.165, 1.54) is 16.0 Å². The predicted molar refractivity (Wildman–Crippen MR) is 188 cm³/mol. The van der Waals surface area contributed by atoms with Gasteiger partial charge in [-0.2, -0.15) is 0 Å². The summed E-state index contributed by atoms with van der Waals surface area (Å²) in [7, 11) is -3.99. The van der Waals surface area contributed by atoms with Crippen LogP contribution in [-0.4, -0.2) is 54.6 Å². The third-order valence-electron chi connectivity index (χ3n) is 9.07. The maximum absolute atomic E-state index is 14.6. The highest BCUT2D eigenvalue weighted by Gasteiger charge is 2.39. The van der Waals surface area contributed by atoms with Crippen LogP contribution in [0.25, 0.3) is 10.8 Å². The van der Waals surface area contributed by atoms with Gasteiger partial charge in [0.15, 0.2) is 0 Å². The average Bonchev–Trinajstić information content (AvgIpc) is 3.09. The monoisotopic (exact) mass is 647 g/mol. The van der Waals surface area contributed by atoms with Gasteiger partial charge in [-0.05, 0) is 66.9 Å². The van der Waals surface area contributed by atoms with Crippen LogP contribution in [0.4, 0.5) is 10.5 Å². The highest BCUT2D eigenvalue weighted by atomic mass is 32.2. The van der Waals surface area contributed by atoms with E-state index in [-0.39, 0.29) is 17.5 Å². The van der Waals surface area contributed by atoms with Crippen molar-refractivity contribution in [3.8, 4) is 0 Å². The van der Waals surface area contributed by atoms with Crippen molar-refractivity contribution in [3.63, 3.8) is 0 Å². The van der Waals surface area contributed by atoms with Crippen molar-refractivity contribution >= 4 is 32.6 Å². The number of amides is 1. The lowest BCUT2D eigenvalue weighted by Gasteiger charge is -2.43. The Balaban J connectivity index is 1.25. The van der Waals surface area contributed by atoms with Crippen molar-refractivity contribution in [1.29, 1.82) is 0 Å². The van der Waals surface area contributed by atoms with Crippen LogP contribution in [0, 0.1) is 0 Å². The van der Waals surface area contributed by atoms with Crippen LogP contribution in [0.1, 0.15) is 36.8 Å². The third-order valence-corrected chi connectivity index (χ3v) is 11.0. The Labute approximate surface area is 277 Å². The van der Waals surface area contributed by atoms with Crippen molar-refractivity contribution < 1.29 is 18.3 Å². The van der Waals surface area contributed by atoms with Crippen molar-refractivity contribution in [2.24, 2.45) is 0 Å². The topological polar surface area (TPSA) is 81.2 Å². The van der Waals surface area contributed by atoms with Crippen molar-refractivity contribution in [1.82, 2.24) is 9.80 Å². The highest BCUT2D eigenvalue weighted by molar-refractivity contribution is 7.93. The summed E-state index contributed by atoms with van der Waals surface area (Å²) in [5.74, 6) is 0. The molecule has 0 spiro atoms. The number of carboxylic acid groups (broad SMARTS) is 1. The number of fused-ring (bicyclic) bond motifs is 1. The van der Waals surface area contributed by atoms with Crippen molar-refractivity contribution in [2.45, 2.75) is 55.8 Å². The number of anilines is 1. The first-order valence-corrected chi connectivity index (χ1v) is 17.7. The zero-order valence-corrected chi connectivity index (χ0v) is 27.3. The molecule has 1 saturated heterocycles. The molecule has 1 fully saturated rings. The number of likely N-dealkylation sites (tertiary alicyclic amines) is 1. The number of carbonyl (C=O) groups is 1. The number of para-hydroxylation sites is 1. The Hall–Kier alpha value is -4.66. The molecule has 1 heterocycles. The van der Waals surface area contributed by atoms with Crippen molar-refractivity contribution in [3.05, 3.63) is 145 Å². The summed E-state index contributed by atoms with van der Waals surface area (Å²) in [6.07, 6.45) is 1.29. The fourth-order valence-corrected chi connectivity index (χ4v) is 8.77. The van der Waals surface area contributed by atoms with E-state index in [0.29, 0.717) is 30.3 Å². The van der Waals surface area contributed by atoms with Gasteiger partial charge in [0.2, 0.25) is 0 Å². The Kier molecular flexibility index (Phi) is 10.2. The molecule has 5 aromatic rings. The van der Waals surface area contributed by atoms with E-state index >= 15 is 0 Å². The number of nitrogens with zero attached hydrogens (tertiary/aromatic N) is 3. The van der Waals surface area contributed by atoms with E-state index in [0.717, 1.165) is 31.4 Å². The third kappa shape index (κ3) is 7.67. The summed E-state index contributed by atoms with van der Waals surface area (Å²) in [5, 5.41) is 11.7. The molecule has 1 aliphatic rings. The summed E-state index contributed by atoms with van der Waals surface area (Å²) in [6.45, 7) is 2.64. The maximum Gasteiger partial charge on any atom is 0.407 e. The second kappa shape index (κ2) is 14.8. The van der Waals surface area contributed by atoms with E-state index in [2.05, 4.69) is 29.2 Å². The summed E-state index contributed by atoms with van der Waals surface area (Å²) in [5.41, 5.74) is 3.04. The molecule has 1 amide bonds. The average molecular weight is 648 g/mol. The lowest BCUT2D eigenvalue weighted by Crippen LogP contribution is -2.53. The molecule has 242 valence electrons. The molecule has 47 heavy (non-hydrogen) atoms. The largest absolute Gasteiger partial charge is 0.465 e. The highest BCUT2D eigenvalue weighted by Crippen LogP contribution is 2.35. The molecular formula is C39H41N3O4S. The van der Waals surface area contributed by atoms with E-state index in [1.807, 2.05) is 97.1 Å². The lowest BCUT2D eigenvalue weighted by molar-refractivity contribution is 0.0957. The van der Waals surface area contributed by atoms with E-state index in [1.54, 1.807) is 16.4 Å². The van der Waals surface area contributed by atoms with Gasteiger partial charge >= 0.3 is 6.09 Å². The summed E-state index contributed by atoms with van der Waals surface area (Å²) in [4.78, 5) is 16.6. The minimum atomic E-state index is -3.99. The molecule has 7 nitrogen and oxygen atoms in total. The minimum Gasteiger partial charge on any atom is -0.465 e. The fourth-order valence-electron chi connectivity index (χ4n) is 6.86. The van der Waals surface area contributed by atoms with Gasteiger partial charge in [-0.15, -0.1) is 0 Å². The van der Waals surface area contributed by atoms with Crippen molar-refractivity contribution in [2.75, 3.05) is 17.4 Å². The second-order valence-electron chi connectivity index (χ2n) is 12.2. The zero-order valence-electron chi connectivity index (χ0n) is 26.4.